The predicted octanol–water partition coefficient (Wildman–Crippen LogP) is 8.05. The molecule has 0 spiro atoms. The fraction of sp³-hybridized carbons (Fsp3) is 0. The largest absolute Gasteiger partial charge is 0.298 e. The summed E-state index contributed by atoms with van der Waals surface area (Å²) in [5, 5.41) is 13.0. The van der Waals surface area contributed by atoms with Crippen LogP contribution in [0.2, 0.25) is 0 Å². The Balaban J connectivity index is 1.51. The van der Waals surface area contributed by atoms with E-state index in [9.17, 15) is 0 Å². The maximum Gasteiger partial charge on any atom is 0.105 e. The monoisotopic (exact) mass is 466 g/mol. The van der Waals surface area contributed by atoms with E-state index in [1.165, 1.54) is 19.5 Å². The molecule has 0 aromatic carbocycles. The number of thiol groups is 1. The van der Waals surface area contributed by atoms with Gasteiger partial charge in [0, 0.05) is 40.4 Å². The molecule has 0 amide bonds. The van der Waals surface area contributed by atoms with Crippen molar-refractivity contribution in [2.75, 3.05) is 0 Å². The molecule has 1 aliphatic carbocycles. The molecule has 1 N–H and O–H groups in total. The molecule has 4 aromatic heterocycles. The fourth-order valence-electron chi connectivity index (χ4n) is 3.17. The minimum Gasteiger partial charge on any atom is -0.298 e. The normalized spacial score (nSPS) is 15.6. The molecular weight excluding hydrogens is 453 g/mol. The van der Waals surface area contributed by atoms with E-state index < -0.39 is 0 Å². The molecule has 0 fully saturated rings. The van der Waals surface area contributed by atoms with Crippen molar-refractivity contribution in [1.82, 2.24) is 0 Å². The van der Waals surface area contributed by atoms with Crippen LogP contribution in [0, 0.1) is 5.41 Å². The first-order valence-corrected chi connectivity index (χ1v) is 12.6. The highest BCUT2D eigenvalue weighted by Crippen LogP contribution is 2.39. The van der Waals surface area contributed by atoms with E-state index >= 15 is 0 Å². The smallest absolute Gasteiger partial charge is 0.105 e. The second-order valence-corrected chi connectivity index (χ2v) is 10.5. The molecule has 1 aliphatic rings. The van der Waals surface area contributed by atoms with Gasteiger partial charge >= 0.3 is 0 Å². The molecule has 0 radical (unpaired) electrons. The molecule has 4 aromatic rings. The fourth-order valence-corrected chi connectivity index (χ4v) is 7.11. The Labute approximate surface area is 190 Å². The molecule has 142 valence electrons. The number of nitrogens with one attached hydrogen (secondary N) is 1. The molecule has 0 aliphatic heterocycles. The Morgan fingerprint density at radius 3 is 1.69 bits per heavy atom. The summed E-state index contributed by atoms with van der Waals surface area (Å²) in [7, 11) is 0. The quantitative estimate of drug-likeness (QED) is 0.225. The zero-order valence-corrected chi connectivity index (χ0v) is 19.1. The van der Waals surface area contributed by atoms with E-state index in [1.54, 1.807) is 45.3 Å². The maximum atomic E-state index is 8.78. The standard InChI is InChI=1S/C22H14N2S5/c23-21-13(15-7-9-19(28-15)17-3-1-11-26-17)5-6-14(22(21)24-25)16-8-10-20(29-16)18-4-2-12-27-18/h1-12,23,25H/b23-21?,24-22-. The van der Waals surface area contributed by atoms with E-state index in [4.69, 9.17) is 5.41 Å². The molecule has 5 rings (SSSR count). The first-order chi connectivity index (χ1) is 14.2. The number of nitrogens with zero attached hydrogens (tertiary/aromatic N) is 1. The molecular formula is C22H14N2S5. The van der Waals surface area contributed by atoms with Crippen molar-refractivity contribution in [2.45, 2.75) is 0 Å². The summed E-state index contributed by atoms with van der Waals surface area (Å²) in [5.74, 6) is 0. The van der Waals surface area contributed by atoms with Gasteiger partial charge in [0.15, 0.2) is 0 Å². The lowest BCUT2D eigenvalue weighted by molar-refractivity contribution is 1.54. The van der Waals surface area contributed by atoms with Gasteiger partial charge in [0.1, 0.15) is 5.71 Å². The maximum absolute atomic E-state index is 8.78. The highest BCUT2D eigenvalue weighted by Gasteiger charge is 2.24. The summed E-state index contributed by atoms with van der Waals surface area (Å²) in [5.41, 5.74) is 2.89. The highest BCUT2D eigenvalue weighted by molar-refractivity contribution is 7.79. The van der Waals surface area contributed by atoms with Gasteiger partial charge in [0.2, 0.25) is 0 Å². The minimum absolute atomic E-state index is 0.420. The molecule has 0 atom stereocenters. The van der Waals surface area contributed by atoms with Crippen LogP contribution in [-0.2, 0) is 0 Å². The zero-order valence-electron chi connectivity index (χ0n) is 15.0. The zero-order chi connectivity index (χ0) is 19.8. The molecule has 29 heavy (non-hydrogen) atoms. The van der Waals surface area contributed by atoms with Gasteiger partial charge in [0.05, 0.1) is 5.71 Å². The lowest BCUT2D eigenvalue weighted by Gasteiger charge is -2.16. The summed E-state index contributed by atoms with van der Waals surface area (Å²) >= 11 is 11.1. The van der Waals surface area contributed by atoms with Crippen LogP contribution >= 0.6 is 58.2 Å². The van der Waals surface area contributed by atoms with Crippen molar-refractivity contribution in [2.24, 2.45) is 4.40 Å². The predicted molar refractivity (Wildman–Crippen MR) is 135 cm³/mol. The van der Waals surface area contributed by atoms with Crippen LogP contribution in [0.15, 0.2) is 75.8 Å². The van der Waals surface area contributed by atoms with Crippen molar-refractivity contribution in [3.05, 3.63) is 81.2 Å². The first-order valence-electron chi connectivity index (χ1n) is 8.76. The third-order valence-corrected chi connectivity index (χ3v) is 9.12. The summed E-state index contributed by atoms with van der Waals surface area (Å²) in [6.45, 7) is 0. The third kappa shape index (κ3) is 3.53. The van der Waals surface area contributed by atoms with Gasteiger partial charge in [-0.2, -0.15) is 0 Å². The number of rotatable bonds is 4. The van der Waals surface area contributed by atoms with Crippen molar-refractivity contribution in [1.29, 1.82) is 5.41 Å². The molecule has 2 nitrogen and oxygen atoms in total. The van der Waals surface area contributed by atoms with Crippen molar-refractivity contribution < 1.29 is 0 Å². The average Bonchev–Trinajstić information content (AvgIpc) is 3.54. The highest BCUT2D eigenvalue weighted by atomic mass is 32.1. The Hall–Kier alpha value is -2.03. The van der Waals surface area contributed by atoms with Crippen LogP contribution in [0.3, 0.4) is 0 Å². The minimum atomic E-state index is 0.420. The van der Waals surface area contributed by atoms with E-state index in [0.29, 0.717) is 11.4 Å². The Bertz CT molecular complexity index is 1260. The van der Waals surface area contributed by atoms with Crippen LogP contribution in [0.5, 0.6) is 0 Å². The van der Waals surface area contributed by atoms with Crippen molar-refractivity contribution in [3.63, 3.8) is 0 Å². The van der Waals surface area contributed by atoms with Crippen LogP contribution in [0.25, 0.3) is 30.7 Å². The Morgan fingerprint density at radius 1 is 0.655 bits per heavy atom. The SMILES string of the molecule is N=C1C(c2ccc(-c3cccs3)s2)=CC=C(c2ccc(-c3cccs3)s2)/C1=N/S. The number of allylic oxidation sites excluding steroid dienone is 4. The van der Waals surface area contributed by atoms with Crippen molar-refractivity contribution >= 4 is 80.7 Å². The second kappa shape index (κ2) is 8.01. The van der Waals surface area contributed by atoms with Gasteiger partial charge in [-0.3, -0.25) is 5.41 Å². The van der Waals surface area contributed by atoms with Gasteiger partial charge < -0.3 is 0 Å². The van der Waals surface area contributed by atoms with Crippen LogP contribution in [0.1, 0.15) is 9.75 Å². The van der Waals surface area contributed by atoms with E-state index in [0.717, 1.165) is 20.9 Å². The first kappa shape index (κ1) is 19.0. The lowest BCUT2D eigenvalue weighted by atomic mass is 9.92. The molecule has 7 heteroatoms. The Kier molecular flexibility index (Phi) is 5.24. The summed E-state index contributed by atoms with van der Waals surface area (Å²) < 4.78 is 4.18. The Morgan fingerprint density at radius 2 is 1.17 bits per heavy atom. The van der Waals surface area contributed by atoms with E-state index in [2.05, 4.69) is 82.6 Å². The topological polar surface area (TPSA) is 36.2 Å². The lowest BCUT2D eigenvalue weighted by Crippen LogP contribution is -2.18. The van der Waals surface area contributed by atoms with E-state index in [1.807, 2.05) is 6.08 Å². The number of hydrogen-bond donors (Lipinski definition) is 2. The summed E-state index contributed by atoms with van der Waals surface area (Å²) in [4.78, 5) is 7.15. The summed E-state index contributed by atoms with van der Waals surface area (Å²) in [6, 6.07) is 16.9. The van der Waals surface area contributed by atoms with Crippen LogP contribution in [-0.4, -0.2) is 11.4 Å². The van der Waals surface area contributed by atoms with Crippen molar-refractivity contribution in [3.8, 4) is 19.5 Å². The van der Waals surface area contributed by atoms with Gasteiger partial charge in [-0.15, -0.1) is 45.3 Å². The summed E-state index contributed by atoms with van der Waals surface area (Å²) in [6.07, 6.45) is 4.10. The van der Waals surface area contributed by atoms with Gasteiger partial charge in [0.25, 0.3) is 0 Å². The van der Waals surface area contributed by atoms with Gasteiger partial charge in [-0.05, 0) is 60.0 Å². The average molecular weight is 467 g/mol. The third-order valence-electron chi connectivity index (χ3n) is 4.55. The van der Waals surface area contributed by atoms with Crippen LogP contribution in [0.4, 0.5) is 0 Å². The van der Waals surface area contributed by atoms with Gasteiger partial charge in [-0.1, -0.05) is 24.3 Å². The molecule has 0 saturated heterocycles. The molecule has 0 bridgehead atoms. The second-order valence-electron chi connectivity index (χ2n) is 6.27. The molecule has 4 heterocycles. The number of hydrogen-bond acceptors (Lipinski definition) is 7. The van der Waals surface area contributed by atoms with Crippen LogP contribution < -0.4 is 0 Å². The number of thiophene rings is 4. The molecule has 0 saturated carbocycles. The molecule has 0 unspecified atom stereocenters. The van der Waals surface area contributed by atoms with Gasteiger partial charge in [-0.25, -0.2) is 4.40 Å². The van der Waals surface area contributed by atoms with E-state index in [-0.39, 0.29) is 0 Å².